The fraction of sp³-hybridized carbons (Fsp3) is 0.417. The Balaban J connectivity index is 1.73. The number of hydrogen-bond donors (Lipinski definition) is 1. The standard InChI is InChI=1S/C12H13NO3/c14-12-4-1-8-5-9(2-3-11(8)13-12)15-6-10-7-16-10/h2-3,5,10H,1,4,6-7H2,(H,13,14). The van der Waals surface area contributed by atoms with Crippen molar-refractivity contribution in [2.75, 3.05) is 18.5 Å². The second-order valence-corrected chi connectivity index (χ2v) is 4.13. The van der Waals surface area contributed by atoms with E-state index in [4.69, 9.17) is 9.47 Å². The summed E-state index contributed by atoms with van der Waals surface area (Å²) in [6.45, 7) is 1.42. The minimum absolute atomic E-state index is 0.0903. The highest BCUT2D eigenvalue weighted by Gasteiger charge is 2.23. The second kappa shape index (κ2) is 3.79. The molecular weight excluding hydrogens is 206 g/mol. The largest absolute Gasteiger partial charge is 0.491 e. The van der Waals surface area contributed by atoms with E-state index in [2.05, 4.69) is 5.32 Å². The van der Waals surface area contributed by atoms with Crippen molar-refractivity contribution >= 4 is 11.6 Å². The summed E-state index contributed by atoms with van der Waals surface area (Å²) in [5, 5.41) is 2.85. The highest BCUT2D eigenvalue weighted by molar-refractivity contribution is 5.93. The van der Waals surface area contributed by atoms with Crippen molar-refractivity contribution < 1.29 is 14.3 Å². The Morgan fingerprint density at radius 1 is 1.44 bits per heavy atom. The first kappa shape index (κ1) is 9.66. The molecule has 3 rings (SSSR count). The summed E-state index contributed by atoms with van der Waals surface area (Å²) in [7, 11) is 0. The van der Waals surface area contributed by atoms with E-state index >= 15 is 0 Å². The minimum Gasteiger partial charge on any atom is -0.491 e. The fourth-order valence-electron chi connectivity index (χ4n) is 1.80. The topological polar surface area (TPSA) is 50.9 Å². The lowest BCUT2D eigenvalue weighted by atomic mass is 10.0. The molecule has 0 aromatic heterocycles. The van der Waals surface area contributed by atoms with Crippen molar-refractivity contribution in [2.24, 2.45) is 0 Å². The first-order valence-corrected chi connectivity index (χ1v) is 5.48. The van der Waals surface area contributed by atoms with Crippen LogP contribution in [0.25, 0.3) is 0 Å². The van der Waals surface area contributed by atoms with Crippen LogP contribution in [-0.2, 0) is 16.0 Å². The number of rotatable bonds is 3. The van der Waals surface area contributed by atoms with Gasteiger partial charge in [-0.25, -0.2) is 0 Å². The molecule has 84 valence electrons. The third-order valence-electron chi connectivity index (χ3n) is 2.81. The van der Waals surface area contributed by atoms with Crippen LogP contribution in [0, 0.1) is 0 Å². The average Bonchev–Trinajstić information content (AvgIpc) is 3.10. The van der Waals surface area contributed by atoms with Crippen LogP contribution < -0.4 is 10.1 Å². The molecule has 1 N–H and O–H groups in total. The SMILES string of the molecule is O=C1CCc2cc(OCC3CO3)ccc2N1. The Hall–Kier alpha value is -1.55. The highest BCUT2D eigenvalue weighted by Crippen LogP contribution is 2.27. The van der Waals surface area contributed by atoms with Gasteiger partial charge in [-0.3, -0.25) is 4.79 Å². The number of carbonyl (C=O) groups excluding carboxylic acids is 1. The van der Waals surface area contributed by atoms with E-state index in [1.165, 1.54) is 0 Å². The number of fused-ring (bicyclic) bond motifs is 1. The van der Waals surface area contributed by atoms with E-state index in [0.717, 1.165) is 30.0 Å². The van der Waals surface area contributed by atoms with Gasteiger partial charge in [0.05, 0.1) is 6.61 Å². The third kappa shape index (κ3) is 2.02. The number of hydrogen-bond acceptors (Lipinski definition) is 3. The predicted molar refractivity (Wildman–Crippen MR) is 58.6 cm³/mol. The Bertz CT molecular complexity index is 426. The molecule has 0 radical (unpaired) electrons. The van der Waals surface area contributed by atoms with Crippen molar-refractivity contribution in [3.63, 3.8) is 0 Å². The van der Waals surface area contributed by atoms with Crippen LogP contribution in [0.5, 0.6) is 5.75 Å². The van der Waals surface area contributed by atoms with E-state index in [1.807, 2.05) is 18.2 Å². The molecule has 4 nitrogen and oxygen atoms in total. The zero-order valence-corrected chi connectivity index (χ0v) is 8.86. The lowest BCUT2D eigenvalue weighted by Crippen LogP contribution is -2.18. The van der Waals surface area contributed by atoms with E-state index in [0.29, 0.717) is 13.0 Å². The molecule has 1 aromatic rings. The number of benzene rings is 1. The zero-order valence-electron chi connectivity index (χ0n) is 8.86. The number of aryl methyl sites for hydroxylation is 1. The van der Waals surface area contributed by atoms with E-state index < -0.39 is 0 Å². The molecule has 4 heteroatoms. The molecule has 1 unspecified atom stereocenters. The van der Waals surface area contributed by atoms with Gasteiger partial charge in [0.2, 0.25) is 5.91 Å². The Morgan fingerprint density at radius 2 is 2.31 bits per heavy atom. The number of carbonyl (C=O) groups is 1. The highest BCUT2D eigenvalue weighted by atomic mass is 16.6. The first-order chi connectivity index (χ1) is 7.81. The van der Waals surface area contributed by atoms with Gasteiger partial charge in [-0.2, -0.15) is 0 Å². The van der Waals surface area contributed by atoms with E-state index in [9.17, 15) is 4.79 Å². The zero-order chi connectivity index (χ0) is 11.0. The van der Waals surface area contributed by atoms with Crippen LogP contribution in [-0.4, -0.2) is 25.2 Å². The van der Waals surface area contributed by atoms with Gasteiger partial charge in [-0.1, -0.05) is 0 Å². The summed E-state index contributed by atoms with van der Waals surface area (Å²) in [4.78, 5) is 11.2. The number of nitrogens with one attached hydrogen (secondary N) is 1. The van der Waals surface area contributed by atoms with Crippen molar-refractivity contribution in [1.82, 2.24) is 0 Å². The molecule has 2 heterocycles. The van der Waals surface area contributed by atoms with Gasteiger partial charge in [0.25, 0.3) is 0 Å². The number of anilines is 1. The predicted octanol–water partition coefficient (Wildman–Crippen LogP) is 1.35. The average molecular weight is 219 g/mol. The van der Waals surface area contributed by atoms with Crippen LogP contribution in [0.4, 0.5) is 5.69 Å². The Labute approximate surface area is 93.5 Å². The molecule has 2 aliphatic rings. The molecule has 0 bridgehead atoms. The number of ether oxygens (including phenoxy) is 2. The van der Waals surface area contributed by atoms with Crippen LogP contribution in [0.15, 0.2) is 18.2 Å². The molecule has 2 aliphatic heterocycles. The molecule has 1 amide bonds. The number of amides is 1. The molecule has 0 aliphatic carbocycles. The molecular formula is C12H13NO3. The maximum absolute atomic E-state index is 11.2. The normalized spacial score (nSPS) is 22.2. The van der Waals surface area contributed by atoms with E-state index in [1.54, 1.807) is 0 Å². The van der Waals surface area contributed by atoms with Crippen LogP contribution in [0.3, 0.4) is 0 Å². The maximum Gasteiger partial charge on any atom is 0.224 e. The van der Waals surface area contributed by atoms with Crippen molar-refractivity contribution in [3.05, 3.63) is 23.8 Å². The maximum atomic E-state index is 11.2. The summed E-state index contributed by atoms with van der Waals surface area (Å²) in [5.41, 5.74) is 2.06. The summed E-state index contributed by atoms with van der Waals surface area (Å²) in [5.74, 6) is 0.943. The van der Waals surface area contributed by atoms with Gasteiger partial charge in [0.15, 0.2) is 0 Å². The van der Waals surface area contributed by atoms with Gasteiger partial charge < -0.3 is 14.8 Å². The Kier molecular flexibility index (Phi) is 2.29. The second-order valence-electron chi connectivity index (χ2n) is 4.13. The lowest BCUT2D eigenvalue weighted by molar-refractivity contribution is -0.116. The van der Waals surface area contributed by atoms with Crippen LogP contribution >= 0.6 is 0 Å². The molecule has 1 saturated heterocycles. The van der Waals surface area contributed by atoms with Gasteiger partial charge in [0, 0.05) is 12.1 Å². The molecule has 1 fully saturated rings. The summed E-state index contributed by atoms with van der Waals surface area (Å²) < 4.78 is 10.7. The molecule has 0 spiro atoms. The minimum atomic E-state index is 0.0903. The van der Waals surface area contributed by atoms with Crippen LogP contribution in [0.2, 0.25) is 0 Å². The molecule has 1 aromatic carbocycles. The van der Waals surface area contributed by atoms with Gasteiger partial charge in [0.1, 0.15) is 18.5 Å². The smallest absolute Gasteiger partial charge is 0.224 e. The fourth-order valence-corrected chi connectivity index (χ4v) is 1.80. The number of epoxide rings is 1. The molecule has 16 heavy (non-hydrogen) atoms. The lowest BCUT2D eigenvalue weighted by Gasteiger charge is -2.17. The van der Waals surface area contributed by atoms with Crippen molar-refractivity contribution in [3.8, 4) is 5.75 Å². The van der Waals surface area contributed by atoms with Crippen molar-refractivity contribution in [1.29, 1.82) is 0 Å². The van der Waals surface area contributed by atoms with Gasteiger partial charge in [-0.15, -0.1) is 0 Å². The van der Waals surface area contributed by atoms with Gasteiger partial charge >= 0.3 is 0 Å². The van der Waals surface area contributed by atoms with E-state index in [-0.39, 0.29) is 12.0 Å². The first-order valence-electron chi connectivity index (χ1n) is 5.48. The summed E-state index contributed by atoms with van der Waals surface area (Å²) >= 11 is 0. The Morgan fingerprint density at radius 3 is 3.12 bits per heavy atom. The summed E-state index contributed by atoms with van der Waals surface area (Å²) in [6, 6.07) is 5.78. The monoisotopic (exact) mass is 219 g/mol. The molecule has 0 saturated carbocycles. The van der Waals surface area contributed by atoms with Crippen LogP contribution in [0.1, 0.15) is 12.0 Å². The molecule has 1 atom stereocenters. The summed E-state index contributed by atoms with van der Waals surface area (Å²) in [6.07, 6.45) is 1.62. The van der Waals surface area contributed by atoms with Crippen molar-refractivity contribution in [2.45, 2.75) is 18.9 Å². The van der Waals surface area contributed by atoms with Gasteiger partial charge in [-0.05, 0) is 30.2 Å². The third-order valence-corrected chi connectivity index (χ3v) is 2.81. The quantitative estimate of drug-likeness (QED) is 0.781.